The molecule has 0 unspecified atom stereocenters. The van der Waals surface area contributed by atoms with Crippen molar-refractivity contribution in [2.45, 2.75) is 33.8 Å². The second-order valence-electron chi connectivity index (χ2n) is 5.30. The van der Waals surface area contributed by atoms with Crippen molar-refractivity contribution in [3.8, 4) is 10.6 Å². The van der Waals surface area contributed by atoms with Crippen molar-refractivity contribution in [2.24, 2.45) is 0 Å². The largest absolute Gasteiger partial charge is 0.451 e. The summed E-state index contributed by atoms with van der Waals surface area (Å²) in [5, 5.41) is 4.46. The standard InChI is InChI=1S/C17H17N3O3S/c1-4-12-5-7-13(8-6-12)16-18-10(2)15(24-16)17(21)22-9-14-19-11(3)20-23-14/h5-8H,4,9H2,1-3H3. The van der Waals surface area contributed by atoms with Crippen LogP contribution in [0.5, 0.6) is 0 Å². The molecule has 0 aliphatic carbocycles. The molecule has 1 aromatic carbocycles. The van der Waals surface area contributed by atoms with E-state index in [2.05, 4.69) is 34.2 Å². The van der Waals surface area contributed by atoms with Gasteiger partial charge in [-0.25, -0.2) is 9.78 Å². The van der Waals surface area contributed by atoms with Crippen LogP contribution in [0, 0.1) is 13.8 Å². The Kier molecular flexibility index (Phi) is 4.71. The van der Waals surface area contributed by atoms with Gasteiger partial charge in [0.1, 0.15) is 9.88 Å². The zero-order valence-corrected chi connectivity index (χ0v) is 14.5. The van der Waals surface area contributed by atoms with Crippen LogP contribution in [-0.4, -0.2) is 21.1 Å². The zero-order valence-electron chi connectivity index (χ0n) is 13.7. The molecule has 0 N–H and O–H groups in total. The first kappa shape index (κ1) is 16.3. The van der Waals surface area contributed by atoms with E-state index in [-0.39, 0.29) is 12.5 Å². The number of nitrogens with zero attached hydrogens (tertiary/aromatic N) is 3. The molecule has 0 fully saturated rings. The van der Waals surface area contributed by atoms with E-state index < -0.39 is 5.97 Å². The van der Waals surface area contributed by atoms with E-state index in [1.165, 1.54) is 16.9 Å². The summed E-state index contributed by atoms with van der Waals surface area (Å²) in [6.45, 7) is 5.57. The molecule has 7 heteroatoms. The van der Waals surface area contributed by atoms with E-state index in [4.69, 9.17) is 9.26 Å². The van der Waals surface area contributed by atoms with Crippen molar-refractivity contribution in [1.29, 1.82) is 0 Å². The van der Waals surface area contributed by atoms with Crippen LogP contribution in [0.3, 0.4) is 0 Å². The van der Waals surface area contributed by atoms with Crippen LogP contribution in [0.4, 0.5) is 0 Å². The summed E-state index contributed by atoms with van der Waals surface area (Å²) in [7, 11) is 0. The maximum absolute atomic E-state index is 12.2. The normalized spacial score (nSPS) is 10.8. The molecule has 3 rings (SSSR count). The molecular weight excluding hydrogens is 326 g/mol. The highest BCUT2D eigenvalue weighted by atomic mass is 32.1. The van der Waals surface area contributed by atoms with Gasteiger partial charge >= 0.3 is 5.97 Å². The number of ether oxygens (including phenoxy) is 1. The molecule has 3 aromatic rings. The van der Waals surface area contributed by atoms with Crippen molar-refractivity contribution in [1.82, 2.24) is 15.1 Å². The summed E-state index contributed by atoms with van der Waals surface area (Å²) in [5.74, 6) is 0.350. The second kappa shape index (κ2) is 6.92. The fraction of sp³-hybridized carbons (Fsp3) is 0.294. The Morgan fingerprint density at radius 1 is 1.21 bits per heavy atom. The molecule has 0 spiro atoms. The lowest BCUT2D eigenvalue weighted by Gasteiger charge is -1.99. The maximum Gasteiger partial charge on any atom is 0.350 e. The molecule has 0 saturated carbocycles. The monoisotopic (exact) mass is 343 g/mol. The molecule has 0 atom stereocenters. The molecule has 0 amide bonds. The summed E-state index contributed by atoms with van der Waals surface area (Å²) in [6.07, 6.45) is 0.990. The number of rotatable bonds is 5. The first-order chi connectivity index (χ1) is 11.6. The van der Waals surface area contributed by atoms with E-state index in [0.29, 0.717) is 16.4 Å². The number of carbonyl (C=O) groups excluding carboxylic acids is 1. The Balaban J connectivity index is 1.73. The number of esters is 1. The number of hydrogen-bond acceptors (Lipinski definition) is 7. The highest BCUT2D eigenvalue weighted by Crippen LogP contribution is 2.28. The van der Waals surface area contributed by atoms with Gasteiger partial charge in [0.15, 0.2) is 12.4 Å². The Bertz CT molecular complexity index is 852. The quantitative estimate of drug-likeness (QED) is 0.657. The van der Waals surface area contributed by atoms with Gasteiger partial charge in [0.2, 0.25) is 0 Å². The number of aryl methyl sites for hydroxylation is 3. The highest BCUT2D eigenvalue weighted by Gasteiger charge is 2.18. The van der Waals surface area contributed by atoms with Gasteiger partial charge in [0.25, 0.3) is 5.89 Å². The van der Waals surface area contributed by atoms with Gasteiger partial charge in [-0.2, -0.15) is 4.98 Å². The van der Waals surface area contributed by atoms with Gasteiger partial charge < -0.3 is 9.26 Å². The number of carbonyl (C=O) groups is 1. The summed E-state index contributed by atoms with van der Waals surface area (Å²) in [6, 6.07) is 8.19. The highest BCUT2D eigenvalue weighted by molar-refractivity contribution is 7.17. The van der Waals surface area contributed by atoms with Gasteiger partial charge in [-0.3, -0.25) is 0 Å². The Labute approximate surface area is 143 Å². The minimum Gasteiger partial charge on any atom is -0.451 e. The molecule has 0 saturated heterocycles. The van der Waals surface area contributed by atoms with Gasteiger partial charge in [0.05, 0.1) is 5.69 Å². The fourth-order valence-corrected chi connectivity index (χ4v) is 3.15. The summed E-state index contributed by atoms with van der Waals surface area (Å²) >= 11 is 1.32. The van der Waals surface area contributed by atoms with E-state index in [9.17, 15) is 4.79 Å². The number of hydrogen-bond donors (Lipinski definition) is 0. The van der Waals surface area contributed by atoms with Gasteiger partial charge in [0, 0.05) is 5.56 Å². The van der Waals surface area contributed by atoms with Crippen LogP contribution in [-0.2, 0) is 17.8 Å². The molecule has 6 nitrogen and oxygen atoms in total. The molecular formula is C17H17N3O3S. The Morgan fingerprint density at radius 2 is 1.96 bits per heavy atom. The average Bonchev–Trinajstić information content (AvgIpc) is 3.18. The van der Waals surface area contributed by atoms with Crippen molar-refractivity contribution in [3.63, 3.8) is 0 Å². The minimum atomic E-state index is -0.433. The lowest BCUT2D eigenvalue weighted by atomic mass is 10.1. The first-order valence-corrected chi connectivity index (χ1v) is 8.41. The summed E-state index contributed by atoms with van der Waals surface area (Å²) in [5.41, 5.74) is 2.91. The van der Waals surface area contributed by atoms with Crippen molar-refractivity contribution < 1.29 is 14.1 Å². The van der Waals surface area contributed by atoms with E-state index in [1.54, 1.807) is 13.8 Å². The van der Waals surface area contributed by atoms with E-state index in [0.717, 1.165) is 17.0 Å². The summed E-state index contributed by atoms with van der Waals surface area (Å²) in [4.78, 5) is 21.2. The van der Waals surface area contributed by atoms with Crippen LogP contribution in [0.1, 0.15) is 39.6 Å². The Hall–Kier alpha value is -2.54. The van der Waals surface area contributed by atoms with Gasteiger partial charge in [-0.05, 0) is 25.8 Å². The minimum absolute atomic E-state index is 0.0441. The topological polar surface area (TPSA) is 78.1 Å². The zero-order chi connectivity index (χ0) is 17.1. The summed E-state index contributed by atoms with van der Waals surface area (Å²) < 4.78 is 10.2. The number of thiazole rings is 1. The van der Waals surface area contributed by atoms with Gasteiger partial charge in [-0.15, -0.1) is 11.3 Å². The van der Waals surface area contributed by atoms with Crippen LogP contribution < -0.4 is 0 Å². The smallest absolute Gasteiger partial charge is 0.350 e. The molecule has 0 bridgehead atoms. The molecule has 0 radical (unpaired) electrons. The lowest BCUT2D eigenvalue weighted by molar-refractivity contribution is 0.0434. The Morgan fingerprint density at radius 3 is 2.58 bits per heavy atom. The number of aromatic nitrogens is 3. The van der Waals surface area contributed by atoms with Crippen LogP contribution in [0.2, 0.25) is 0 Å². The molecule has 24 heavy (non-hydrogen) atoms. The number of benzene rings is 1. The van der Waals surface area contributed by atoms with Crippen LogP contribution in [0.15, 0.2) is 28.8 Å². The van der Waals surface area contributed by atoms with Crippen molar-refractivity contribution >= 4 is 17.3 Å². The van der Waals surface area contributed by atoms with Crippen molar-refractivity contribution in [3.05, 3.63) is 52.1 Å². The average molecular weight is 343 g/mol. The molecule has 124 valence electrons. The SMILES string of the molecule is CCc1ccc(-c2nc(C)c(C(=O)OCc3nc(C)no3)s2)cc1. The molecule has 2 aromatic heterocycles. The van der Waals surface area contributed by atoms with Gasteiger partial charge in [-0.1, -0.05) is 36.3 Å². The predicted molar refractivity (Wildman–Crippen MR) is 89.8 cm³/mol. The van der Waals surface area contributed by atoms with Crippen LogP contribution in [0.25, 0.3) is 10.6 Å². The van der Waals surface area contributed by atoms with E-state index in [1.807, 2.05) is 12.1 Å². The third-order valence-electron chi connectivity index (χ3n) is 3.49. The third kappa shape index (κ3) is 3.51. The fourth-order valence-electron chi connectivity index (χ4n) is 2.18. The molecule has 0 aliphatic rings. The second-order valence-corrected chi connectivity index (χ2v) is 6.29. The molecule has 0 aliphatic heterocycles. The van der Waals surface area contributed by atoms with Crippen molar-refractivity contribution in [2.75, 3.05) is 0 Å². The predicted octanol–water partition coefficient (Wildman–Crippen LogP) is 3.73. The third-order valence-corrected chi connectivity index (χ3v) is 4.67. The first-order valence-electron chi connectivity index (χ1n) is 7.60. The van der Waals surface area contributed by atoms with Crippen LogP contribution >= 0.6 is 11.3 Å². The lowest BCUT2D eigenvalue weighted by Crippen LogP contribution is -2.05. The maximum atomic E-state index is 12.2. The molecule has 2 heterocycles. The van der Waals surface area contributed by atoms with E-state index >= 15 is 0 Å².